The van der Waals surface area contributed by atoms with E-state index < -0.39 is 0 Å². The number of hydrogen-bond donors (Lipinski definition) is 0. The lowest BCUT2D eigenvalue weighted by Crippen LogP contribution is -2.56. The molecule has 0 aromatic carbocycles. The number of hydrogen-bond acceptors (Lipinski definition) is 5. The summed E-state index contributed by atoms with van der Waals surface area (Å²) in [5.74, 6) is 0. The van der Waals surface area contributed by atoms with E-state index >= 15 is 0 Å². The van der Waals surface area contributed by atoms with Crippen LogP contribution >= 0.6 is 11.3 Å². The summed E-state index contributed by atoms with van der Waals surface area (Å²) in [6, 6.07) is 6.28. The second-order valence-corrected chi connectivity index (χ2v) is 8.08. The Bertz CT molecular complexity index is 649. The molecule has 0 unspecified atom stereocenters. The summed E-state index contributed by atoms with van der Waals surface area (Å²) >= 11 is 1.78. The lowest BCUT2D eigenvalue weighted by atomic mass is 9.73. The number of aromatic nitrogens is 1. The Morgan fingerprint density at radius 3 is 3.04 bits per heavy atom. The summed E-state index contributed by atoms with van der Waals surface area (Å²) in [5, 5.41) is 4.43. The van der Waals surface area contributed by atoms with Gasteiger partial charge in [0.2, 0.25) is 0 Å². The van der Waals surface area contributed by atoms with Gasteiger partial charge in [-0.15, -0.1) is 0 Å². The molecule has 4 heterocycles. The highest BCUT2D eigenvalue weighted by Crippen LogP contribution is 2.41. The van der Waals surface area contributed by atoms with E-state index in [0.717, 1.165) is 45.7 Å². The molecule has 5 heteroatoms. The molecule has 2 aliphatic heterocycles. The van der Waals surface area contributed by atoms with Gasteiger partial charge in [0.1, 0.15) is 0 Å². The van der Waals surface area contributed by atoms with Crippen molar-refractivity contribution in [1.82, 2.24) is 9.88 Å². The molecule has 0 spiro atoms. The van der Waals surface area contributed by atoms with Gasteiger partial charge in [0.05, 0.1) is 19.3 Å². The van der Waals surface area contributed by atoms with Crippen molar-refractivity contribution in [1.29, 1.82) is 0 Å². The SMILES string of the molecule is c1cc(COC[C@@]23CCCO[C@@H]2CCN(Cc2ccsc2)C3)ccn1. The fourth-order valence-corrected chi connectivity index (χ4v) is 4.88. The minimum Gasteiger partial charge on any atom is -0.377 e. The summed E-state index contributed by atoms with van der Waals surface area (Å²) < 4.78 is 12.3. The topological polar surface area (TPSA) is 34.6 Å². The molecule has 0 N–H and O–H groups in total. The molecule has 0 amide bonds. The molecule has 2 fully saturated rings. The minimum atomic E-state index is 0.138. The Morgan fingerprint density at radius 1 is 1.28 bits per heavy atom. The number of thiophene rings is 1. The number of pyridine rings is 1. The summed E-state index contributed by atoms with van der Waals surface area (Å²) in [5.41, 5.74) is 2.75. The van der Waals surface area contributed by atoms with Crippen molar-refractivity contribution in [2.24, 2.45) is 5.41 Å². The maximum absolute atomic E-state index is 6.17. The van der Waals surface area contributed by atoms with Crippen LogP contribution < -0.4 is 0 Å². The first kappa shape index (κ1) is 17.2. The van der Waals surface area contributed by atoms with Crippen LogP contribution in [0.25, 0.3) is 0 Å². The molecule has 2 atom stereocenters. The molecule has 2 aliphatic rings. The van der Waals surface area contributed by atoms with Crippen molar-refractivity contribution in [2.75, 3.05) is 26.3 Å². The summed E-state index contributed by atoms with van der Waals surface area (Å²) in [6.07, 6.45) is 7.45. The van der Waals surface area contributed by atoms with Crippen LogP contribution in [-0.4, -0.2) is 42.3 Å². The smallest absolute Gasteiger partial charge is 0.0718 e. The average Bonchev–Trinajstić information content (AvgIpc) is 3.15. The maximum atomic E-state index is 6.17. The maximum Gasteiger partial charge on any atom is 0.0718 e. The normalized spacial score (nSPS) is 27.1. The van der Waals surface area contributed by atoms with Crippen molar-refractivity contribution in [3.63, 3.8) is 0 Å². The zero-order chi connectivity index (χ0) is 17.0. The van der Waals surface area contributed by atoms with Gasteiger partial charge in [0, 0.05) is 44.0 Å². The monoisotopic (exact) mass is 358 g/mol. The Balaban J connectivity index is 1.40. The van der Waals surface area contributed by atoms with Crippen LogP contribution in [0.2, 0.25) is 0 Å². The summed E-state index contributed by atoms with van der Waals surface area (Å²) in [4.78, 5) is 6.66. The van der Waals surface area contributed by atoms with Crippen LogP contribution in [0.3, 0.4) is 0 Å². The predicted octanol–water partition coefficient (Wildman–Crippen LogP) is 3.73. The van der Waals surface area contributed by atoms with E-state index in [1.807, 2.05) is 24.5 Å². The second-order valence-electron chi connectivity index (χ2n) is 7.30. The van der Waals surface area contributed by atoms with Gasteiger partial charge >= 0.3 is 0 Å². The van der Waals surface area contributed by atoms with Crippen molar-refractivity contribution in [3.8, 4) is 0 Å². The van der Waals surface area contributed by atoms with Crippen LogP contribution in [0.1, 0.15) is 30.4 Å². The van der Waals surface area contributed by atoms with E-state index in [9.17, 15) is 0 Å². The standard InChI is InChI=1S/C20H26N2O2S/c1-6-20(16-23-13-17-2-7-21-8-3-17)15-22(9-4-19(20)24-10-1)12-18-5-11-25-14-18/h2-3,5,7-8,11,14,19H,1,4,6,9-10,12-13,15-16H2/t19-,20+/m1/s1. The van der Waals surface area contributed by atoms with Crippen LogP contribution in [0.15, 0.2) is 41.4 Å². The first-order chi connectivity index (χ1) is 12.3. The zero-order valence-electron chi connectivity index (χ0n) is 14.6. The van der Waals surface area contributed by atoms with E-state index in [1.54, 1.807) is 11.3 Å². The summed E-state index contributed by atoms with van der Waals surface area (Å²) in [6.45, 7) is 5.57. The molecule has 2 aromatic rings. The molecule has 0 saturated carbocycles. The molecule has 2 aromatic heterocycles. The molecule has 0 radical (unpaired) electrons. The van der Waals surface area contributed by atoms with Crippen molar-refractivity contribution >= 4 is 11.3 Å². The lowest BCUT2D eigenvalue weighted by Gasteiger charge is -2.50. The Morgan fingerprint density at radius 2 is 2.20 bits per heavy atom. The van der Waals surface area contributed by atoms with Gasteiger partial charge in [-0.05, 0) is 59.3 Å². The fourth-order valence-electron chi connectivity index (χ4n) is 4.22. The molecule has 25 heavy (non-hydrogen) atoms. The van der Waals surface area contributed by atoms with E-state index in [1.165, 1.54) is 17.5 Å². The minimum absolute atomic E-state index is 0.138. The van der Waals surface area contributed by atoms with E-state index in [0.29, 0.717) is 12.7 Å². The number of fused-ring (bicyclic) bond motifs is 1. The molecule has 4 nitrogen and oxygen atoms in total. The van der Waals surface area contributed by atoms with Crippen molar-refractivity contribution < 1.29 is 9.47 Å². The van der Waals surface area contributed by atoms with Crippen LogP contribution in [0, 0.1) is 5.41 Å². The highest BCUT2D eigenvalue weighted by atomic mass is 32.1. The third-order valence-electron chi connectivity index (χ3n) is 5.46. The quantitative estimate of drug-likeness (QED) is 0.788. The van der Waals surface area contributed by atoms with E-state index in [4.69, 9.17) is 9.47 Å². The van der Waals surface area contributed by atoms with Gasteiger partial charge < -0.3 is 9.47 Å². The number of likely N-dealkylation sites (tertiary alicyclic amines) is 1. The van der Waals surface area contributed by atoms with E-state index in [2.05, 4.69) is 26.7 Å². The number of piperidine rings is 1. The highest BCUT2D eigenvalue weighted by Gasteiger charge is 2.46. The number of rotatable bonds is 6. The average molecular weight is 359 g/mol. The number of ether oxygens (including phenoxy) is 2. The lowest BCUT2D eigenvalue weighted by molar-refractivity contribution is -0.155. The zero-order valence-corrected chi connectivity index (χ0v) is 15.4. The Kier molecular flexibility index (Phi) is 5.46. The third kappa shape index (κ3) is 4.11. The number of nitrogens with zero attached hydrogens (tertiary/aromatic N) is 2. The fraction of sp³-hybridized carbons (Fsp3) is 0.550. The largest absolute Gasteiger partial charge is 0.377 e. The second kappa shape index (κ2) is 7.96. The first-order valence-electron chi connectivity index (χ1n) is 9.16. The highest BCUT2D eigenvalue weighted by molar-refractivity contribution is 7.07. The van der Waals surface area contributed by atoms with Crippen LogP contribution in [0.4, 0.5) is 0 Å². The van der Waals surface area contributed by atoms with Gasteiger partial charge in [-0.2, -0.15) is 11.3 Å². The van der Waals surface area contributed by atoms with Gasteiger partial charge in [0.15, 0.2) is 0 Å². The Hall–Kier alpha value is -1.27. The molecular formula is C20H26N2O2S. The predicted molar refractivity (Wildman–Crippen MR) is 99.5 cm³/mol. The first-order valence-corrected chi connectivity index (χ1v) is 10.1. The van der Waals surface area contributed by atoms with Gasteiger partial charge in [-0.3, -0.25) is 9.88 Å². The molecule has 0 aliphatic carbocycles. The molecule has 0 bridgehead atoms. The molecule has 2 saturated heterocycles. The van der Waals surface area contributed by atoms with Gasteiger partial charge in [-0.1, -0.05) is 0 Å². The van der Waals surface area contributed by atoms with Crippen LogP contribution in [-0.2, 0) is 22.6 Å². The van der Waals surface area contributed by atoms with E-state index in [-0.39, 0.29) is 5.41 Å². The molecule has 4 rings (SSSR count). The van der Waals surface area contributed by atoms with Crippen LogP contribution in [0.5, 0.6) is 0 Å². The molecular weight excluding hydrogens is 332 g/mol. The third-order valence-corrected chi connectivity index (χ3v) is 6.19. The molecule has 134 valence electrons. The van der Waals surface area contributed by atoms with Crippen molar-refractivity contribution in [3.05, 3.63) is 52.5 Å². The van der Waals surface area contributed by atoms with Crippen molar-refractivity contribution in [2.45, 2.75) is 38.5 Å². The van der Waals surface area contributed by atoms with Gasteiger partial charge in [-0.25, -0.2) is 0 Å². The Labute approximate surface area is 153 Å². The summed E-state index contributed by atoms with van der Waals surface area (Å²) in [7, 11) is 0. The van der Waals surface area contributed by atoms with Gasteiger partial charge in [0.25, 0.3) is 0 Å².